The Balaban J connectivity index is 2.11. The monoisotopic (exact) mass is 577 g/mol. The van der Waals surface area contributed by atoms with Gasteiger partial charge in [0.2, 0.25) is 11.8 Å². The van der Waals surface area contributed by atoms with Crippen molar-refractivity contribution in [2.45, 2.75) is 84.8 Å². The second-order valence-electron chi connectivity index (χ2n) is 11.8. The second kappa shape index (κ2) is 12.9. The van der Waals surface area contributed by atoms with Crippen LogP contribution in [0.25, 0.3) is 0 Å². The molecule has 3 aromatic rings. The number of amides is 2. The van der Waals surface area contributed by atoms with E-state index in [9.17, 15) is 18.0 Å². The summed E-state index contributed by atoms with van der Waals surface area (Å²) in [6.45, 7) is 14.9. The summed E-state index contributed by atoms with van der Waals surface area (Å²) in [5.74, 6) is -0.737. The molecule has 3 aromatic carbocycles. The van der Waals surface area contributed by atoms with Crippen molar-refractivity contribution in [2.75, 3.05) is 10.8 Å². The average Bonchev–Trinajstić information content (AvgIpc) is 2.86. The first kappa shape index (κ1) is 31.9. The van der Waals surface area contributed by atoms with Crippen molar-refractivity contribution in [3.8, 4) is 0 Å². The van der Waals surface area contributed by atoms with E-state index in [0.717, 1.165) is 27.8 Å². The van der Waals surface area contributed by atoms with Crippen LogP contribution in [-0.2, 0) is 26.2 Å². The van der Waals surface area contributed by atoms with Crippen LogP contribution in [-0.4, -0.2) is 43.3 Å². The molecule has 0 heterocycles. The summed E-state index contributed by atoms with van der Waals surface area (Å²) >= 11 is 0. The summed E-state index contributed by atoms with van der Waals surface area (Å²) < 4.78 is 29.3. The molecule has 1 N–H and O–H groups in total. The van der Waals surface area contributed by atoms with Crippen molar-refractivity contribution in [1.29, 1.82) is 0 Å². The lowest BCUT2D eigenvalue weighted by Gasteiger charge is -2.35. The van der Waals surface area contributed by atoms with Gasteiger partial charge in [0.05, 0.1) is 10.6 Å². The number of hydrogen-bond donors (Lipinski definition) is 1. The van der Waals surface area contributed by atoms with E-state index < -0.39 is 34.1 Å². The van der Waals surface area contributed by atoms with Crippen LogP contribution in [0.5, 0.6) is 0 Å². The number of aryl methyl sites for hydroxylation is 4. The SMILES string of the molecule is CC[C@@H](C(=O)NC(C)(C)C)N(Cc1cccc(C)c1)C(=O)CN(c1ccc(C)cc1C)S(=O)(=O)c1ccc(C)cc1. The smallest absolute Gasteiger partial charge is 0.264 e. The molecular weight excluding hydrogens is 534 g/mol. The summed E-state index contributed by atoms with van der Waals surface area (Å²) in [6, 6.07) is 19.0. The number of carbonyl (C=O) groups is 2. The van der Waals surface area contributed by atoms with Gasteiger partial charge in [0, 0.05) is 12.1 Å². The third-order valence-electron chi connectivity index (χ3n) is 6.83. The van der Waals surface area contributed by atoms with Crippen molar-refractivity contribution in [1.82, 2.24) is 10.2 Å². The second-order valence-corrected chi connectivity index (χ2v) is 13.7. The highest BCUT2D eigenvalue weighted by atomic mass is 32.2. The van der Waals surface area contributed by atoms with Crippen LogP contribution >= 0.6 is 0 Å². The molecule has 220 valence electrons. The summed E-state index contributed by atoms with van der Waals surface area (Å²) in [7, 11) is -4.11. The van der Waals surface area contributed by atoms with Crippen LogP contribution in [0.2, 0.25) is 0 Å². The lowest BCUT2D eigenvalue weighted by Crippen LogP contribution is -2.55. The molecule has 0 saturated carbocycles. The Labute approximate surface area is 245 Å². The maximum absolute atomic E-state index is 14.2. The zero-order valence-corrected chi connectivity index (χ0v) is 26.3. The van der Waals surface area contributed by atoms with E-state index in [2.05, 4.69) is 5.32 Å². The predicted octanol–water partition coefficient (Wildman–Crippen LogP) is 5.84. The number of nitrogens with one attached hydrogen (secondary N) is 1. The van der Waals surface area contributed by atoms with Crippen LogP contribution in [0.3, 0.4) is 0 Å². The lowest BCUT2D eigenvalue weighted by molar-refractivity contribution is -0.141. The molecule has 41 heavy (non-hydrogen) atoms. The first-order valence-electron chi connectivity index (χ1n) is 14.0. The van der Waals surface area contributed by atoms with Gasteiger partial charge in [-0.3, -0.25) is 13.9 Å². The standard InChI is InChI=1S/C33H43N3O4S/c1-9-29(32(38)34-33(6,7)8)35(21-27-12-10-11-24(3)20-27)31(37)22-36(30-18-15-25(4)19-26(30)5)41(39,40)28-16-13-23(2)14-17-28/h10-20,29H,9,21-22H2,1-8H3,(H,34,38)/t29-/m0/s1. The molecule has 0 saturated heterocycles. The Bertz CT molecular complexity index is 1490. The molecule has 8 heteroatoms. The molecule has 0 fully saturated rings. The van der Waals surface area contributed by atoms with E-state index in [-0.39, 0.29) is 17.3 Å². The fraction of sp³-hybridized carbons (Fsp3) is 0.394. The lowest BCUT2D eigenvalue weighted by atomic mass is 10.0. The first-order chi connectivity index (χ1) is 19.1. The van der Waals surface area contributed by atoms with Gasteiger partial charge in [-0.2, -0.15) is 0 Å². The average molecular weight is 578 g/mol. The zero-order valence-electron chi connectivity index (χ0n) is 25.5. The number of hydrogen-bond acceptors (Lipinski definition) is 4. The van der Waals surface area contributed by atoms with Gasteiger partial charge in [0.25, 0.3) is 10.0 Å². The highest BCUT2D eigenvalue weighted by Gasteiger charge is 2.35. The van der Waals surface area contributed by atoms with Crippen LogP contribution in [0, 0.1) is 27.7 Å². The number of nitrogens with zero attached hydrogens (tertiary/aromatic N) is 2. The van der Waals surface area contributed by atoms with Crippen LogP contribution < -0.4 is 9.62 Å². The Hall–Kier alpha value is -3.65. The van der Waals surface area contributed by atoms with E-state index >= 15 is 0 Å². The van der Waals surface area contributed by atoms with Crippen molar-refractivity contribution >= 4 is 27.5 Å². The summed E-state index contributed by atoms with van der Waals surface area (Å²) in [5.41, 5.74) is 4.46. The molecular formula is C33H43N3O4S. The van der Waals surface area contributed by atoms with Crippen molar-refractivity contribution in [2.24, 2.45) is 0 Å². The fourth-order valence-electron chi connectivity index (χ4n) is 4.82. The van der Waals surface area contributed by atoms with Crippen LogP contribution in [0.1, 0.15) is 61.9 Å². The third-order valence-corrected chi connectivity index (χ3v) is 8.60. The maximum Gasteiger partial charge on any atom is 0.264 e. The highest BCUT2D eigenvalue weighted by Crippen LogP contribution is 2.28. The first-order valence-corrected chi connectivity index (χ1v) is 15.4. The Morgan fingerprint density at radius 2 is 1.46 bits per heavy atom. The van der Waals surface area contributed by atoms with Gasteiger partial charge in [0.15, 0.2) is 0 Å². The quantitative estimate of drug-likeness (QED) is 0.328. The molecule has 7 nitrogen and oxygen atoms in total. The van der Waals surface area contributed by atoms with Gasteiger partial charge >= 0.3 is 0 Å². The van der Waals surface area contributed by atoms with Crippen LogP contribution in [0.4, 0.5) is 5.69 Å². The minimum atomic E-state index is -4.11. The minimum Gasteiger partial charge on any atom is -0.350 e. The maximum atomic E-state index is 14.2. The van der Waals surface area contributed by atoms with E-state index in [1.807, 2.05) is 91.8 Å². The topological polar surface area (TPSA) is 86.8 Å². The number of sulfonamides is 1. The summed E-state index contributed by atoms with van der Waals surface area (Å²) in [4.78, 5) is 29.3. The Morgan fingerprint density at radius 1 is 0.854 bits per heavy atom. The molecule has 0 aliphatic heterocycles. The number of benzene rings is 3. The Kier molecular flexibility index (Phi) is 10.0. The van der Waals surface area contributed by atoms with Gasteiger partial charge in [-0.1, -0.05) is 72.1 Å². The molecule has 0 aromatic heterocycles. The van der Waals surface area contributed by atoms with Gasteiger partial charge in [0.1, 0.15) is 12.6 Å². The highest BCUT2D eigenvalue weighted by molar-refractivity contribution is 7.92. The molecule has 0 aliphatic rings. The van der Waals surface area contributed by atoms with Gasteiger partial charge in [-0.15, -0.1) is 0 Å². The molecule has 3 rings (SSSR count). The van der Waals surface area contributed by atoms with Crippen molar-refractivity contribution in [3.63, 3.8) is 0 Å². The third kappa shape index (κ3) is 8.19. The van der Waals surface area contributed by atoms with Gasteiger partial charge < -0.3 is 10.2 Å². The van der Waals surface area contributed by atoms with Crippen molar-refractivity contribution in [3.05, 3.63) is 94.5 Å². The van der Waals surface area contributed by atoms with Gasteiger partial charge in [-0.25, -0.2) is 8.42 Å². The van der Waals surface area contributed by atoms with E-state index in [4.69, 9.17) is 0 Å². The van der Waals surface area contributed by atoms with Crippen molar-refractivity contribution < 1.29 is 18.0 Å². The molecule has 0 aliphatic carbocycles. The Morgan fingerprint density at radius 3 is 2.02 bits per heavy atom. The van der Waals surface area contributed by atoms with E-state index in [1.165, 1.54) is 9.21 Å². The molecule has 0 spiro atoms. The molecule has 1 atom stereocenters. The largest absolute Gasteiger partial charge is 0.350 e. The molecule has 0 bridgehead atoms. The molecule has 0 radical (unpaired) electrons. The van der Waals surface area contributed by atoms with Gasteiger partial charge in [-0.05, 0) is 84.2 Å². The number of rotatable bonds is 10. The van der Waals surface area contributed by atoms with E-state index in [1.54, 1.807) is 30.3 Å². The normalized spacial score (nSPS) is 12.5. The summed E-state index contributed by atoms with van der Waals surface area (Å²) in [6.07, 6.45) is 0.369. The molecule has 2 amide bonds. The molecule has 0 unspecified atom stereocenters. The number of carbonyl (C=O) groups excluding carboxylic acids is 2. The predicted molar refractivity (Wildman–Crippen MR) is 165 cm³/mol. The van der Waals surface area contributed by atoms with E-state index in [0.29, 0.717) is 12.1 Å². The fourth-order valence-corrected chi connectivity index (χ4v) is 6.29. The summed E-state index contributed by atoms with van der Waals surface area (Å²) in [5, 5.41) is 3.00. The van der Waals surface area contributed by atoms with Crippen LogP contribution in [0.15, 0.2) is 71.6 Å². The minimum absolute atomic E-state index is 0.0960. The number of anilines is 1. The zero-order chi connectivity index (χ0) is 30.5.